The predicted molar refractivity (Wildman–Crippen MR) is 43.4 cm³/mol. The normalized spacial score (nSPS) is 15.3. The van der Waals surface area contributed by atoms with Crippen LogP contribution in [0.15, 0.2) is 0 Å². The fourth-order valence-electron chi connectivity index (χ4n) is 0.878. The number of aliphatic hydroxyl groups excluding tert-OH is 2. The molecule has 0 spiro atoms. The van der Waals surface area contributed by atoms with Gasteiger partial charge in [-0.1, -0.05) is 0 Å². The Morgan fingerprint density at radius 3 is 1.83 bits per heavy atom. The van der Waals surface area contributed by atoms with Gasteiger partial charge >= 0.3 is 6.03 Å². The number of amides is 2. The number of hydrogen-bond donors (Lipinski definition) is 2. The highest BCUT2D eigenvalue weighted by atomic mass is 16.3. The van der Waals surface area contributed by atoms with Crippen LogP contribution in [-0.2, 0) is 0 Å². The van der Waals surface area contributed by atoms with Crippen molar-refractivity contribution in [1.82, 2.24) is 10.6 Å². The van der Waals surface area contributed by atoms with Gasteiger partial charge < -0.3 is 15.1 Å². The Labute approximate surface area is 71.8 Å². The second-order valence-corrected chi connectivity index (χ2v) is 2.91. The smallest absolute Gasteiger partial charge is 0.336 e. The summed E-state index contributed by atoms with van der Waals surface area (Å²) in [6.45, 7) is 3.23. The average molecular weight is 175 g/mol. The monoisotopic (exact) mass is 175 g/mol. The molecule has 2 atom stereocenters. The van der Waals surface area contributed by atoms with Gasteiger partial charge in [0.15, 0.2) is 0 Å². The zero-order chi connectivity index (χ0) is 9.72. The first-order valence-corrected chi connectivity index (χ1v) is 3.80. The highest BCUT2D eigenvalue weighted by Crippen LogP contribution is 1.95. The molecule has 0 aromatic carbocycles. The summed E-state index contributed by atoms with van der Waals surface area (Å²) < 4.78 is 0. The maximum Gasteiger partial charge on any atom is 0.336 e. The van der Waals surface area contributed by atoms with E-state index in [0.29, 0.717) is 0 Å². The summed E-state index contributed by atoms with van der Waals surface area (Å²) in [4.78, 5) is 11.7. The van der Waals surface area contributed by atoms with E-state index in [2.05, 4.69) is 0 Å². The van der Waals surface area contributed by atoms with E-state index in [4.69, 9.17) is 15.9 Å². The molecule has 0 rings (SSSR count). The van der Waals surface area contributed by atoms with Gasteiger partial charge in [-0.05, 0) is 13.8 Å². The van der Waals surface area contributed by atoms with E-state index in [1.807, 2.05) is 0 Å². The van der Waals surface area contributed by atoms with Crippen molar-refractivity contribution in [3.8, 4) is 0 Å². The van der Waals surface area contributed by atoms with E-state index in [1.165, 1.54) is 13.8 Å². The van der Waals surface area contributed by atoms with Gasteiger partial charge in [-0.25, -0.2) is 10.5 Å². The summed E-state index contributed by atoms with van der Waals surface area (Å²) >= 11 is 0. The summed E-state index contributed by atoms with van der Waals surface area (Å²) in [5, 5.41) is 17.9. The second kappa shape index (κ2) is 4.95. The van der Waals surface area contributed by atoms with E-state index < -0.39 is 18.2 Å². The molecule has 0 aliphatic carbocycles. The van der Waals surface area contributed by atoms with Crippen LogP contribution in [0.5, 0.6) is 0 Å². The standard InChI is InChI=1S/C7H15N2O3/c1-5(10)3-9(7(8)12)4-6(2)11/h5-6,8,10-11H,3-4H2,1-2H3. The molecule has 0 saturated carbocycles. The Hall–Kier alpha value is -0.810. The number of nitrogens with zero attached hydrogens (tertiary/aromatic N) is 1. The first-order valence-electron chi connectivity index (χ1n) is 3.80. The van der Waals surface area contributed by atoms with Crippen LogP contribution in [0.2, 0.25) is 0 Å². The second-order valence-electron chi connectivity index (χ2n) is 2.91. The molecule has 3 N–H and O–H groups in total. The number of carbonyl (C=O) groups excluding carboxylic acids is 1. The summed E-state index contributed by atoms with van der Waals surface area (Å²) in [5.74, 6) is 0. The van der Waals surface area contributed by atoms with Crippen LogP contribution in [0.25, 0.3) is 0 Å². The highest BCUT2D eigenvalue weighted by Gasteiger charge is 2.14. The minimum Gasteiger partial charge on any atom is -0.392 e. The van der Waals surface area contributed by atoms with Gasteiger partial charge in [0.05, 0.1) is 12.2 Å². The van der Waals surface area contributed by atoms with Crippen molar-refractivity contribution in [3.05, 3.63) is 0 Å². The predicted octanol–water partition coefficient (Wildman–Crippen LogP) is -0.547. The zero-order valence-corrected chi connectivity index (χ0v) is 7.32. The van der Waals surface area contributed by atoms with Crippen molar-refractivity contribution in [2.45, 2.75) is 26.1 Å². The van der Waals surface area contributed by atoms with Crippen LogP contribution in [0.4, 0.5) is 4.79 Å². The van der Waals surface area contributed by atoms with Crippen LogP contribution in [-0.4, -0.2) is 46.4 Å². The van der Waals surface area contributed by atoms with Gasteiger partial charge in [-0.2, -0.15) is 0 Å². The molecule has 0 saturated heterocycles. The molecule has 0 aliphatic heterocycles. The molecule has 0 fully saturated rings. The molecule has 5 nitrogen and oxygen atoms in total. The van der Waals surface area contributed by atoms with E-state index in [9.17, 15) is 4.79 Å². The minimum atomic E-state index is -0.878. The van der Waals surface area contributed by atoms with Crippen molar-refractivity contribution in [2.24, 2.45) is 0 Å². The SMILES string of the molecule is CC(O)CN(CC(C)O)C([NH])=O. The quantitative estimate of drug-likeness (QED) is 0.601. The maximum absolute atomic E-state index is 10.6. The fraction of sp³-hybridized carbons (Fsp3) is 0.857. The first kappa shape index (κ1) is 11.2. The Kier molecular flexibility index (Phi) is 4.61. The van der Waals surface area contributed by atoms with E-state index in [-0.39, 0.29) is 13.1 Å². The summed E-state index contributed by atoms with van der Waals surface area (Å²) in [6.07, 6.45) is -1.34. The molecule has 71 valence electrons. The largest absolute Gasteiger partial charge is 0.392 e. The van der Waals surface area contributed by atoms with Gasteiger partial charge in [0, 0.05) is 13.1 Å². The molecule has 2 unspecified atom stereocenters. The number of hydrogen-bond acceptors (Lipinski definition) is 3. The number of carbonyl (C=O) groups is 1. The molecular formula is C7H15N2O3. The molecule has 0 aromatic rings. The van der Waals surface area contributed by atoms with E-state index in [0.717, 1.165) is 4.90 Å². The third-order valence-electron chi connectivity index (χ3n) is 1.26. The Morgan fingerprint density at radius 2 is 1.67 bits per heavy atom. The lowest BCUT2D eigenvalue weighted by Crippen LogP contribution is -2.40. The van der Waals surface area contributed by atoms with Gasteiger partial charge in [0.2, 0.25) is 0 Å². The van der Waals surface area contributed by atoms with Crippen molar-refractivity contribution >= 4 is 6.03 Å². The lowest BCUT2D eigenvalue weighted by atomic mass is 10.3. The molecule has 0 bridgehead atoms. The Balaban J connectivity index is 3.96. The van der Waals surface area contributed by atoms with Crippen molar-refractivity contribution in [3.63, 3.8) is 0 Å². The molecule has 0 aromatic heterocycles. The van der Waals surface area contributed by atoms with Crippen LogP contribution in [0.1, 0.15) is 13.8 Å². The topological polar surface area (TPSA) is 84.6 Å². The summed E-state index contributed by atoms with van der Waals surface area (Å²) in [7, 11) is 0. The molecule has 0 aliphatic rings. The molecule has 1 radical (unpaired) electrons. The molecule has 12 heavy (non-hydrogen) atoms. The lowest BCUT2D eigenvalue weighted by molar-refractivity contribution is 0.0993. The average Bonchev–Trinajstić information content (AvgIpc) is 1.83. The van der Waals surface area contributed by atoms with Gasteiger partial charge in [-0.15, -0.1) is 0 Å². The Morgan fingerprint density at radius 1 is 1.33 bits per heavy atom. The van der Waals surface area contributed by atoms with Crippen LogP contribution in [0.3, 0.4) is 0 Å². The van der Waals surface area contributed by atoms with Crippen LogP contribution in [0, 0.1) is 0 Å². The molecule has 2 amide bonds. The maximum atomic E-state index is 10.6. The fourth-order valence-corrected chi connectivity index (χ4v) is 0.878. The number of aliphatic hydroxyl groups is 2. The highest BCUT2D eigenvalue weighted by molar-refractivity contribution is 5.71. The van der Waals surface area contributed by atoms with Gasteiger partial charge in [0.25, 0.3) is 0 Å². The summed E-state index contributed by atoms with van der Waals surface area (Å²) in [5.41, 5.74) is 6.79. The van der Waals surface area contributed by atoms with Gasteiger partial charge in [0.1, 0.15) is 0 Å². The third-order valence-corrected chi connectivity index (χ3v) is 1.26. The van der Waals surface area contributed by atoms with Crippen LogP contribution < -0.4 is 5.73 Å². The van der Waals surface area contributed by atoms with E-state index >= 15 is 0 Å². The molecule has 0 heterocycles. The van der Waals surface area contributed by atoms with Gasteiger partial charge in [-0.3, -0.25) is 0 Å². The number of urea groups is 1. The van der Waals surface area contributed by atoms with Crippen molar-refractivity contribution in [1.29, 1.82) is 0 Å². The van der Waals surface area contributed by atoms with Crippen molar-refractivity contribution < 1.29 is 15.0 Å². The first-order chi connectivity index (χ1) is 5.43. The number of nitrogens with one attached hydrogen (secondary N) is 1. The van der Waals surface area contributed by atoms with Crippen LogP contribution >= 0.6 is 0 Å². The zero-order valence-electron chi connectivity index (χ0n) is 7.32. The summed E-state index contributed by atoms with van der Waals surface area (Å²) in [6, 6.07) is -0.878. The number of rotatable bonds is 4. The minimum absolute atomic E-state index is 0.0905. The van der Waals surface area contributed by atoms with E-state index in [1.54, 1.807) is 0 Å². The Bertz CT molecular complexity index is 138. The lowest BCUT2D eigenvalue weighted by Gasteiger charge is -2.22. The molecular weight excluding hydrogens is 160 g/mol. The third kappa shape index (κ3) is 4.92. The molecule has 5 heteroatoms. The van der Waals surface area contributed by atoms with Crippen molar-refractivity contribution in [2.75, 3.05) is 13.1 Å².